The van der Waals surface area contributed by atoms with E-state index >= 15 is 0 Å². The maximum atomic E-state index is 12.3. The molecule has 2 aliphatic heterocycles. The topological polar surface area (TPSA) is 52.7 Å². The van der Waals surface area contributed by atoms with Crippen molar-refractivity contribution in [2.45, 2.75) is 38.5 Å². The molecule has 6 heteroatoms. The van der Waals surface area contributed by atoms with Gasteiger partial charge in [0.1, 0.15) is 0 Å². The van der Waals surface area contributed by atoms with Gasteiger partial charge in [0.05, 0.1) is 6.54 Å². The Bertz CT molecular complexity index is 352. The molecule has 0 radical (unpaired) electrons. The third-order valence-electron chi connectivity index (χ3n) is 4.38. The van der Waals surface area contributed by atoms with Crippen molar-refractivity contribution >= 4 is 24.2 Å². The summed E-state index contributed by atoms with van der Waals surface area (Å²) >= 11 is 0. The predicted molar refractivity (Wildman–Crippen MR) is 85.5 cm³/mol. The van der Waals surface area contributed by atoms with Crippen LogP contribution < -0.4 is 5.32 Å². The normalized spacial score (nSPS) is 23.5. The summed E-state index contributed by atoms with van der Waals surface area (Å²) in [5.41, 5.74) is 0. The monoisotopic (exact) mass is 317 g/mol. The summed E-state index contributed by atoms with van der Waals surface area (Å²) in [5, 5.41) is 3.17. The van der Waals surface area contributed by atoms with E-state index in [1.165, 1.54) is 6.42 Å². The molecular weight excluding hydrogens is 290 g/mol. The highest BCUT2D eigenvalue weighted by atomic mass is 35.5. The van der Waals surface area contributed by atoms with Gasteiger partial charge >= 0.3 is 0 Å². The third-order valence-corrected chi connectivity index (χ3v) is 4.38. The number of likely N-dealkylation sites (tertiary alicyclic amines) is 2. The molecule has 2 saturated heterocycles. The molecule has 0 saturated carbocycles. The Labute approximate surface area is 133 Å². The van der Waals surface area contributed by atoms with Crippen molar-refractivity contribution in [3.8, 4) is 0 Å². The van der Waals surface area contributed by atoms with E-state index in [0.717, 1.165) is 51.9 Å². The highest BCUT2D eigenvalue weighted by molar-refractivity contribution is 5.85. The molecule has 122 valence electrons. The lowest BCUT2D eigenvalue weighted by atomic mass is 10.1. The number of nitrogens with one attached hydrogen (secondary N) is 1. The van der Waals surface area contributed by atoms with Crippen LogP contribution in [-0.2, 0) is 9.59 Å². The summed E-state index contributed by atoms with van der Waals surface area (Å²) < 4.78 is 0. The zero-order chi connectivity index (χ0) is 14.4. The van der Waals surface area contributed by atoms with Gasteiger partial charge < -0.3 is 15.1 Å². The Hall–Kier alpha value is -0.810. The van der Waals surface area contributed by atoms with Gasteiger partial charge in [-0.15, -0.1) is 12.4 Å². The van der Waals surface area contributed by atoms with Crippen LogP contribution in [0, 0.1) is 5.92 Å². The zero-order valence-corrected chi connectivity index (χ0v) is 13.8. The van der Waals surface area contributed by atoms with Crippen LogP contribution in [0.2, 0.25) is 0 Å². The van der Waals surface area contributed by atoms with E-state index in [-0.39, 0.29) is 30.8 Å². The molecule has 2 rings (SSSR count). The van der Waals surface area contributed by atoms with Gasteiger partial charge in [0.2, 0.25) is 11.8 Å². The van der Waals surface area contributed by atoms with Crippen molar-refractivity contribution in [2.24, 2.45) is 5.92 Å². The number of carbonyl (C=O) groups is 2. The summed E-state index contributed by atoms with van der Waals surface area (Å²) in [6.07, 6.45) is 5.99. The van der Waals surface area contributed by atoms with Crippen molar-refractivity contribution < 1.29 is 9.59 Å². The van der Waals surface area contributed by atoms with Crippen molar-refractivity contribution in [2.75, 3.05) is 39.8 Å². The van der Waals surface area contributed by atoms with Crippen LogP contribution in [0.25, 0.3) is 0 Å². The van der Waals surface area contributed by atoms with Gasteiger partial charge in [-0.3, -0.25) is 9.59 Å². The molecule has 1 atom stereocenters. The smallest absolute Gasteiger partial charge is 0.242 e. The van der Waals surface area contributed by atoms with Gasteiger partial charge in [-0.05, 0) is 38.8 Å². The summed E-state index contributed by atoms with van der Waals surface area (Å²) in [6.45, 7) is 3.67. The number of amides is 2. The van der Waals surface area contributed by atoms with E-state index in [2.05, 4.69) is 5.32 Å². The second-order valence-electron chi connectivity index (χ2n) is 6.03. The SMILES string of the molecule is CNCC1CCN(C(=O)CN2CCCCCCC2=O)C1.Cl. The minimum Gasteiger partial charge on any atom is -0.341 e. The van der Waals surface area contributed by atoms with Crippen molar-refractivity contribution in [3.63, 3.8) is 0 Å². The molecule has 0 spiro atoms. The molecule has 1 N–H and O–H groups in total. The Morgan fingerprint density at radius 2 is 2.00 bits per heavy atom. The van der Waals surface area contributed by atoms with Crippen LogP contribution in [0.15, 0.2) is 0 Å². The lowest BCUT2D eigenvalue weighted by Crippen LogP contribution is -2.43. The predicted octanol–water partition coefficient (Wildman–Crippen LogP) is 1.27. The molecule has 2 aliphatic rings. The lowest BCUT2D eigenvalue weighted by molar-refractivity contribution is -0.140. The molecule has 0 bridgehead atoms. The van der Waals surface area contributed by atoms with Crippen LogP contribution in [0.5, 0.6) is 0 Å². The Kier molecular flexibility index (Phi) is 8.04. The first-order chi connectivity index (χ1) is 9.70. The zero-order valence-electron chi connectivity index (χ0n) is 13.0. The van der Waals surface area contributed by atoms with Crippen LogP contribution in [0.4, 0.5) is 0 Å². The molecule has 21 heavy (non-hydrogen) atoms. The standard InChI is InChI=1S/C15H27N3O2.ClH/c1-16-10-13-7-9-18(11-13)15(20)12-17-8-5-3-2-4-6-14(17)19;/h13,16H,2-12H2,1H3;1H. The van der Waals surface area contributed by atoms with Crippen LogP contribution in [-0.4, -0.2) is 61.4 Å². The van der Waals surface area contributed by atoms with Crippen molar-refractivity contribution in [1.82, 2.24) is 15.1 Å². The first-order valence-corrected chi connectivity index (χ1v) is 7.91. The second-order valence-corrected chi connectivity index (χ2v) is 6.03. The maximum absolute atomic E-state index is 12.3. The molecule has 2 amide bonds. The molecule has 1 unspecified atom stereocenters. The Morgan fingerprint density at radius 3 is 2.76 bits per heavy atom. The number of hydrogen-bond donors (Lipinski definition) is 1. The molecule has 0 aromatic heterocycles. The molecular formula is C15H28ClN3O2. The number of carbonyl (C=O) groups excluding carboxylic acids is 2. The van der Waals surface area contributed by atoms with E-state index < -0.39 is 0 Å². The average molecular weight is 318 g/mol. The Balaban J connectivity index is 0.00000220. The van der Waals surface area contributed by atoms with E-state index in [4.69, 9.17) is 0 Å². The van der Waals surface area contributed by atoms with E-state index in [9.17, 15) is 9.59 Å². The quantitative estimate of drug-likeness (QED) is 0.849. The molecule has 0 aliphatic carbocycles. The highest BCUT2D eigenvalue weighted by Gasteiger charge is 2.27. The summed E-state index contributed by atoms with van der Waals surface area (Å²) in [4.78, 5) is 28.0. The van der Waals surface area contributed by atoms with Crippen LogP contribution in [0.1, 0.15) is 38.5 Å². The van der Waals surface area contributed by atoms with Gasteiger partial charge in [0.15, 0.2) is 0 Å². The van der Waals surface area contributed by atoms with Gasteiger partial charge in [-0.25, -0.2) is 0 Å². The molecule has 5 nitrogen and oxygen atoms in total. The van der Waals surface area contributed by atoms with E-state index in [0.29, 0.717) is 12.3 Å². The van der Waals surface area contributed by atoms with Gasteiger partial charge in [-0.1, -0.05) is 12.8 Å². The second kappa shape index (κ2) is 9.26. The molecule has 0 aromatic rings. The maximum Gasteiger partial charge on any atom is 0.242 e. The fourth-order valence-corrected chi connectivity index (χ4v) is 3.16. The van der Waals surface area contributed by atoms with Gasteiger partial charge in [0, 0.05) is 26.1 Å². The third kappa shape index (κ3) is 5.47. The number of nitrogens with zero attached hydrogens (tertiary/aromatic N) is 2. The molecule has 0 aromatic carbocycles. The Morgan fingerprint density at radius 1 is 1.24 bits per heavy atom. The van der Waals surface area contributed by atoms with E-state index in [1.807, 2.05) is 11.9 Å². The van der Waals surface area contributed by atoms with Gasteiger partial charge in [-0.2, -0.15) is 0 Å². The van der Waals surface area contributed by atoms with Crippen LogP contribution in [0.3, 0.4) is 0 Å². The minimum atomic E-state index is 0. The fraction of sp³-hybridized carbons (Fsp3) is 0.867. The highest BCUT2D eigenvalue weighted by Crippen LogP contribution is 2.17. The fourth-order valence-electron chi connectivity index (χ4n) is 3.16. The van der Waals surface area contributed by atoms with Crippen molar-refractivity contribution in [1.29, 1.82) is 0 Å². The minimum absolute atomic E-state index is 0. The largest absolute Gasteiger partial charge is 0.341 e. The number of hydrogen-bond acceptors (Lipinski definition) is 3. The first kappa shape index (κ1) is 18.2. The average Bonchev–Trinajstić information content (AvgIpc) is 2.87. The summed E-state index contributed by atoms with van der Waals surface area (Å²) in [6, 6.07) is 0. The molecule has 2 fully saturated rings. The number of halogens is 1. The summed E-state index contributed by atoms with van der Waals surface area (Å²) in [7, 11) is 1.95. The number of rotatable bonds is 4. The van der Waals surface area contributed by atoms with Gasteiger partial charge in [0.25, 0.3) is 0 Å². The van der Waals surface area contributed by atoms with Crippen LogP contribution >= 0.6 is 12.4 Å². The van der Waals surface area contributed by atoms with Crippen molar-refractivity contribution in [3.05, 3.63) is 0 Å². The summed E-state index contributed by atoms with van der Waals surface area (Å²) in [5.74, 6) is 0.841. The van der Waals surface area contributed by atoms with E-state index in [1.54, 1.807) is 4.90 Å². The molecule has 2 heterocycles. The lowest BCUT2D eigenvalue weighted by Gasteiger charge is -2.26. The first-order valence-electron chi connectivity index (χ1n) is 7.91.